The maximum atomic E-state index is 13.4. The molecule has 1 heterocycles. The molecule has 0 radical (unpaired) electrons. The van der Waals surface area contributed by atoms with E-state index in [9.17, 15) is 26.0 Å². The molecule has 1 aromatic rings. The summed E-state index contributed by atoms with van der Waals surface area (Å²) in [5.41, 5.74) is 0. The molecule has 2 atom stereocenters. The Bertz CT molecular complexity index is 900. The lowest BCUT2D eigenvalue weighted by molar-refractivity contribution is -0.132. The second-order valence-electron chi connectivity index (χ2n) is 7.29. The normalized spacial score (nSPS) is 19.4. The fraction of sp³-hybridized carbons (Fsp3) is 0.588. The highest BCUT2D eigenvalue weighted by Crippen LogP contribution is 2.20. The molecular weight excluding hydrogens is 395 g/mol. The molecule has 0 bridgehead atoms. The standard InChI is InChI=1S/C17H25FN2O5S2/c1-12(2)9-16(17(21)20-8-7-15(11-20)26(3,22)23)19-27(24,25)14-6-4-5-13(18)10-14/h4-6,10,12,15-16,19H,7-9,11H2,1-3H3. The number of nitrogens with zero attached hydrogens (tertiary/aromatic N) is 1. The van der Waals surface area contributed by atoms with Crippen molar-refractivity contribution in [1.29, 1.82) is 0 Å². The summed E-state index contributed by atoms with van der Waals surface area (Å²) in [7, 11) is -7.37. The van der Waals surface area contributed by atoms with Crippen molar-refractivity contribution in [3.05, 3.63) is 30.1 Å². The van der Waals surface area contributed by atoms with E-state index in [1.54, 1.807) is 0 Å². The number of carbonyl (C=O) groups excluding carboxylic acids is 1. The third kappa shape index (κ3) is 5.73. The van der Waals surface area contributed by atoms with Crippen LogP contribution < -0.4 is 4.72 Å². The van der Waals surface area contributed by atoms with Crippen LogP contribution in [0.4, 0.5) is 4.39 Å². The lowest BCUT2D eigenvalue weighted by Crippen LogP contribution is -2.48. The summed E-state index contributed by atoms with van der Waals surface area (Å²) in [5.74, 6) is -1.14. The Morgan fingerprint density at radius 1 is 1.30 bits per heavy atom. The van der Waals surface area contributed by atoms with E-state index in [4.69, 9.17) is 0 Å². The Balaban J connectivity index is 2.21. The average Bonchev–Trinajstić information content (AvgIpc) is 3.03. The van der Waals surface area contributed by atoms with Crippen LogP contribution >= 0.6 is 0 Å². The first-order valence-corrected chi connectivity index (χ1v) is 12.1. The van der Waals surface area contributed by atoms with Gasteiger partial charge in [0.1, 0.15) is 11.9 Å². The van der Waals surface area contributed by atoms with Crippen LogP contribution in [-0.2, 0) is 24.7 Å². The minimum atomic E-state index is -4.10. The van der Waals surface area contributed by atoms with Crippen LogP contribution in [0.25, 0.3) is 0 Å². The first-order chi connectivity index (χ1) is 12.4. The molecule has 10 heteroatoms. The Labute approximate surface area is 159 Å². The predicted molar refractivity (Wildman–Crippen MR) is 99.8 cm³/mol. The van der Waals surface area contributed by atoms with Crippen LogP contribution in [0.3, 0.4) is 0 Å². The zero-order valence-electron chi connectivity index (χ0n) is 15.6. The lowest BCUT2D eigenvalue weighted by Gasteiger charge is -2.25. The summed E-state index contributed by atoms with van der Waals surface area (Å²) in [4.78, 5) is 14.0. The molecule has 1 aromatic carbocycles. The monoisotopic (exact) mass is 420 g/mol. The van der Waals surface area contributed by atoms with E-state index in [1.807, 2.05) is 13.8 Å². The van der Waals surface area contributed by atoms with Gasteiger partial charge in [0.15, 0.2) is 9.84 Å². The smallest absolute Gasteiger partial charge is 0.241 e. The molecule has 0 aliphatic carbocycles. The second-order valence-corrected chi connectivity index (χ2v) is 11.3. The largest absolute Gasteiger partial charge is 0.340 e. The molecule has 0 spiro atoms. The summed E-state index contributed by atoms with van der Waals surface area (Å²) < 4.78 is 64.3. The van der Waals surface area contributed by atoms with E-state index >= 15 is 0 Å². The van der Waals surface area contributed by atoms with Crippen molar-refractivity contribution in [3.63, 3.8) is 0 Å². The van der Waals surface area contributed by atoms with Crippen LogP contribution in [0.2, 0.25) is 0 Å². The van der Waals surface area contributed by atoms with Crippen molar-refractivity contribution < 1.29 is 26.0 Å². The first-order valence-electron chi connectivity index (χ1n) is 8.65. The van der Waals surface area contributed by atoms with Crippen LogP contribution in [0.1, 0.15) is 26.7 Å². The van der Waals surface area contributed by atoms with E-state index in [-0.39, 0.29) is 30.3 Å². The summed E-state index contributed by atoms with van der Waals surface area (Å²) in [5, 5.41) is -0.638. The van der Waals surface area contributed by atoms with E-state index < -0.39 is 42.9 Å². The number of sulfone groups is 1. The van der Waals surface area contributed by atoms with Gasteiger partial charge in [-0.25, -0.2) is 21.2 Å². The summed E-state index contributed by atoms with van der Waals surface area (Å²) >= 11 is 0. The van der Waals surface area contributed by atoms with Crippen molar-refractivity contribution >= 4 is 25.8 Å². The molecule has 2 unspecified atom stereocenters. The van der Waals surface area contributed by atoms with Crippen molar-refractivity contribution in [2.75, 3.05) is 19.3 Å². The van der Waals surface area contributed by atoms with E-state index in [1.165, 1.54) is 17.0 Å². The van der Waals surface area contributed by atoms with Gasteiger partial charge in [0, 0.05) is 19.3 Å². The molecule has 1 aliphatic rings. The molecule has 152 valence electrons. The topological polar surface area (TPSA) is 101 Å². The van der Waals surface area contributed by atoms with Gasteiger partial charge in [-0.1, -0.05) is 19.9 Å². The average molecular weight is 421 g/mol. The Kier molecular flexibility index (Phi) is 6.64. The zero-order valence-corrected chi connectivity index (χ0v) is 17.2. The number of rotatable bonds is 7. The second kappa shape index (κ2) is 8.24. The third-order valence-corrected chi connectivity index (χ3v) is 7.54. The summed E-state index contributed by atoms with van der Waals surface area (Å²) in [6.45, 7) is 4.00. The van der Waals surface area contributed by atoms with Crippen molar-refractivity contribution in [3.8, 4) is 0 Å². The van der Waals surface area contributed by atoms with E-state index in [0.29, 0.717) is 6.42 Å². The van der Waals surface area contributed by atoms with Gasteiger partial charge in [-0.3, -0.25) is 4.79 Å². The number of hydrogen-bond acceptors (Lipinski definition) is 5. The van der Waals surface area contributed by atoms with Gasteiger partial charge in [-0.05, 0) is 37.0 Å². The van der Waals surface area contributed by atoms with E-state index in [2.05, 4.69) is 4.72 Å². The van der Waals surface area contributed by atoms with Crippen LogP contribution in [0, 0.1) is 11.7 Å². The van der Waals surface area contributed by atoms with Gasteiger partial charge in [-0.2, -0.15) is 4.72 Å². The number of amides is 1. The minimum Gasteiger partial charge on any atom is -0.340 e. The fourth-order valence-corrected chi connectivity index (χ4v) is 5.28. The summed E-state index contributed by atoms with van der Waals surface area (Å²) in [6.07, 6.45) is 1.70. The molecule has 7 nitrogen and oxygen atoms in total. The highest BCUT2D eigenvalue weighted by Gasteiger charge is 2.37. The van der Waals surface area contributed by atoms with Gasteiger partial charge in [-0.15, -0.1) is 0 Å². The molecule has 1 aliphatic heterocycles. The Hall–Kier alpha value is -1.52. The van der Waals surface area contributed by atoms with Gasteiger partial charge in [0.25, 0.3) is 0 Å². The lowest BCUT2D eigenvalue weighted by atomic mass is 10.0. The number of hydrogen-bond donors (Lipinski definition) is 1. The van der Waals surface area contributed by atoms with Crippen molar-refractivity contribution in [2.24, 2.45) is 5.92 Å². The molecule has 1 N–H and O–H groups in total. The SMILES string of the molecule is CC(C)CC(NS(=O)(=O)c1cccc(F)c1)C(=O)N1CCC(S(C)(=O)=O)C1. The number of benzene rings is 1. The molecule has 1 saturated heterocycles. The number of likely N-dealkylation sites (tertiary alicyclic amines) is 1. The zero-order chi connectivity index (χ0) is 20.4. The minimum absolute atomic E-state index is 0.0162. The number of carbonyl (C=O) groups is 1. The predicted octanol–water partition coefficient (Wildman–Crippen LogP) is 1.16. The number of sulfonamides is 1. The third-order valence-electron chi connectivity index (χ3n) is 4.47. The molecule has 2 rings (SSSR count). The molecule has 27 heavy (non-hydrogen) atoms. The van der Waals surface area contributed by atoms with Crippen LogP contribution in [0.15, 0.2) is 29.2 Å². The summed E-state index contributed by atoms with van der Waals surface area (Å²) in [6, 6.07) is 3.50. The highest BCUT2D eigenvalue weighted by molar-refractivity contribution is 7.91. The molecule has 1 amide bonds. The Morgan fingerprint density at radius 3 is 2.48 bits per heavy atom. The maximum absolute atomic E-state index is 13.4. The van der Waals surface area contributed by atoms with E-state index in [0.717, 1.165) is 18.4 Å². The molecule has 1 fully saturated rings. The van der Waals surface area contributed by atoms with Gasteiger partial charge in [0.05, 0.1) is 10.1 Å². The van der Waals surface area contributed by atoms with Crippen LogP contribution in [0.5, 0.6) is 0 Å². The van der Waals surface area contributed by atoms with Gasteiger partial charge < -0.3 is 4.90 Å². The maximum Gasteiger partial charge on any atom is 0.241 e. The van der Waals surface area contributed by atoms with Gasteiger partial charge in [0.2, 0.25) is 15.9 Å². The Morgan fingerprint density at radius 2 is 1.96 bits per heavy atom. The van der Waals surface area contributed by atoms with Crippen molar-refractivity contribution in [1.82, 2.24) is 9.62 Å². The fourth-order valence-electron chi connectivity index (χ4n) is 3.06. The van der Waals surface area contributed by atoms with Gasteiger partial charge >= 0.3 is 0 Å². The van der Waals surface area contributed by atoms with Crippen molar-refractivity contribution in [2.45, 2.75) is 42.9 Å². The first kappa shape index (κ1) is 21.8. The van der Waals surface area contributed by atoms with Crippen LogP contribution in [-0.4, -0.2) is 58.3 Å². The molecular formula is C17H25FN2O5S2. The quantitative estimate of drug-likeness (QED) is 0.714. The molecule has 0 saturated carbocycles. The number of halogens is 1. The number of nitrogens with one attached hydrogen (secondary N) is 1. The highest BCUT2D eigenvalue weighted by atomic mass is 32.2. The molecule has 0 aromatic heterocycles.